The van der Waals surface area contributed by atoms with E-state index in [4.69, 9.17) is 0 Å². The van der Waals surface area contributed by atoms with Crippen LogP contribution in [-0.4, -0.2) is 5.11 Å². The average molecular weight is 306 g/mol. The molecule has 0 saturated heterocycles. The third kappa shape index (κ3) is 2.49. The van der Waals surface area contributed by atoms with Crippen LogP contribution in [0.15, 0.2) is 18.2 Å². The van der Waals surface area contributed by atoms with Gasteiger partial charge in [0, 0.05) is 5.56 Å². The van der Waals surface area contributed by atoms with E-state index < -0.39 is 52.1 Å². The van der Waals surface area contributed by atoms with Gasteiger partial charge in [0.25, 0.3) is 0 Å². The van der Waals surface area contributed by atoms with Gasteiger partial charge in [-0.1, -0.05) is 17.7 Å². The average Bonchev–Trinajstić information content (AvgIpc) is 2.45. The largest absolute Gasteiger partial charge is 0.383 e. The Morgan fingerprint density at radius 2 is 1.29 bits per heavy atom. The Hall–Kier alpha value is -2.02. The van der Waals surface area contributed by atoms with E-state index in [9.17, 15) is 31.4 Å². The summed E-state index contributed by atoms with van der Waals surface area (Å²) in [6, 6.07) is 3.29. The highest BCUT2D eigenvalue weighted by Crippen LogP contribution is 2.32. The monoisotopic (exact) mass is 306 g/mol. The predicted octanol–water partition coefficient (Wildman–Crippen LogP) is 3.91. The zero-order chi connectivity index (χ0) is 15.9. The fraction of sp³-hybridized carbons (Fsp3) is 0.143. The smallest absolute Gasteiger partial charge is 0.200 e. The van der Waals surface area contributed by atoms with Crippen molar-refractivity contribution in [2.75, 3.05) is 0 Å². The lowest BCUT2D eigenvalue weighted by atomic mass is 9.98. The highest BCUT2D eigenvalue weighted by molar-refractivity contribution is 5.36. The Kier molecular flexibility index (Phi) is 3.95. The Morgan fingerprint density at radius 1 is 0.810 bits per heavy atom. The van der Waals surface area contributed by atoms with Crippen molar-refractivity contribution in [1.82, 2.24) is 0 Å². The molecule has 1 N–H and O–H groups in total. The van der Waals surface area contributed by atoms with Gasteiger partial charge in [-0.05, 0) is 13.0 Å². The minimum atomic E-state index is -2.34. The standard InChI is InChI=1S/C14H8F6O/c1-5-2-3-7(15)6(4-5)14(21)8-9(16)11(18)13(20)12(19)10(8)17/h2-4,14,21H,1H3. The molecule has 2 rings (SSSR count). The van der Waals surface area contributed by atoms with Crippen LogP contribution in [0.2, 0.25) is 0 Å². The molecule has 0 saturated carbocycles. The van der Waals surface area contributed by atoms with E-state index in [1.807, 2.05) is 0 Å². The van der Waals surface area contributed by atoms with Crippen molar-refractivity contribution >= 4 is 0 Å². The second-order valence-corrected chi connectivity index (χ2v) is 4.41. The van der Waals surface area contributed by atoms with Crippen LogP contribution in [0.5, 0.6) is 0 Å². The van der Waals surface area contributed by atoms with Gasteiger partial charge in [-0.15, -0.1) is 0 Å². The molecule has 21 heavy (non-hydrogen) atoms. The summed E-state index contributed by atoms with van der Waals surface area (Å²) >= 11 is 0. The Bertz CT molecular complexity index is 684. The minimum Gasteiger partial charge on any atom is -0.383 e. The molecule has 112 valence electrons. The number of aryl methyl sites for hydroxylation is 1. The molecular weight excluding hydrogens is 298 g/mol. The number of hydrogen-bond acceptors (Lipinski definition) is 1. The Morgan fingerprint density at radius 3 is 1.81 bits per heavy atom. The maximum atomic E-state index is 13.6. The second kappa shape index (κ2) is 5.40. The van der Waals surface area contributed by atoms with E-state index in [-0.39, 0.29) is 0 Å². The van der Waals surface area contributed by atoms with Gasteiger partial charge in [-0.25, -0.2) is 26.3 Å². The maximum absolute atomic E-state index is 13.6. The van der Waals surface area contributed by atoms with Crippen molar-refractivity contribution in [1.29, 1.82) is 0 Å². The summed E-state index contributed by atoms with van der Waals surface area (Å²) in [4.78, 5) is 0. The first-order chi connectivity index (χ1) is 9.75. The Labute approximate surface area is 115 Å². The van der Waals surface area contributed by atoms with Gasteiger partial charge < -0.3 is 5.11 Å². The van der Waals surface area contributed by atoms with Crippen LogP contribution in [0, 0.1) is 41.8 Å². The van der Waals surface area contributed by atoms with E-state index in [1.165, 1.54) is 13.0 Å². The molecule has 7 heteroatoms. The quantitative estimate of drug-likeness (QED) is 0.507. The van der Waals surface area contributed by atoms with Gasteiger partial charge in [-0.2, -0.15) is 0 Å². The molecule has 0 bridgehead atoms. The molecule has 0 amide bonds. The number of aliphatic hydroxyl groups is 1. The van der Waals surface area contributed by atoms with E-state index in [0.29, 0.717) is 5.56 Å². The molecule has 2 aromatic carbocycles. The number of halogens is 6. The molecular formula is C14H8F6O. The third-order valence-corrected chi connectivity index (χ3v) is 2.96. The highest BCUT2D eigenvalue weighted by atomic mass is 19.2. The summed E-state index contributed by atoms with van der Waals surface area (Å²) in [5, 5.41) is 9.82. The van der Waals surface area contributed by atoms with Gasteiger partial charge in [-0.3, -0.25) is 0 Å². The van der Waals surface area contributed by atoms with Crippen molar-refractivity contribution in [3.05, 3.63) is 69.8 Å². The minimum absolute atomic E-state index is 0.439. The number of rotatable bonds is 2. The Balaban J connectivity index is 2.69. The van der Waals surface area contributed by atoms with Gasteiger partial charge >= 0.3 is 0 Å². The first-order valence-corrected chi connectivity index (χ1v) is 5.71. The molecule has 0 aliphatic rings. The van der Waals surface area contributed by atoms with E-state index in [1.54, 1.807) is 0 Å². The van der Waals surface area contributed by atoms with Crippen LogP contribution in [-0.2, 0) is 0 Å². The van der Waals surface area contributed by atoms with Crippen LogP contribution in [0.3, 0.4) is 0 Å². The molecule has 0 spiro atoms. The molecule has 0 aliphatic carbocycles. The fourth-order valence-electron chi connectivity index (χ4n) is 1.89. The summed E-state index contributed by atoms with van der Waals surface area (Å²) in [6.07, 6.45) is -2.32. The molecule has 0 aliphatic heterocycles. The molecule has 1 unspecified atom stereocenters. The van der Waals surface area contributed by atoms with Gasteiger partial charge in [0.15, 0.2) is 23.3 Å². The van der Waals surface area contributed by atoms with Crippen molar-refractivity contribution in [2.24, 2.45) is 0 Å². The topological polar surface area (TPSA) is 20.2 Å². The normalized spacial score (nSPS) is 12.6. The van der Waals surface area contributed by atoms with Gasteiger partial charge in [0.1, 0.15) is 11.9 Å². The van der Waals surface area contributed by atoms with Crippen molar-refractivity contribution < 1.29 is 31.4 Å². The molecule has 1 atom stereocenters. The number of benzene rings is 2. The summed E-state index contributed by atoms with van der Waals surface area (Å²) in [7, 11) is 0. The van der Waals surface area contributed by atoms with Gasteiger partial charge in [0.2, 0.25) is 5.82 Å². The van der Waals surface area contributed by atoms with Gasteiger partial charge in [0.05, 0.1) is 5.56 Å². The number of hydrogen-bond donors (Lipinski definition) is 1. The van der Waals surface area contributed by atoms with E-state index >= 15 is 0 Å². The zero-order valence-corrected chi connectivity index (χ0v) is 10.5. The lowest BCUT2D eigenvalue weighted by Crippen LogP contribution is -2.13. The van der Waals surface area contributed by atoms with Crippen LogP contribution < -0.4 is 0 Å². The number of aliphatic hydroxyl groups excluding tert-OH is 1. The first kappa shape index (κ1) is 15.4. The summed E-state index contributed by atoms with van der Waals surface area (Å²) < 4.78 is 79.8. The summed E-state index contributed by atoms with van der Waals surface area (Å²) in [5.74, 6) is -12.2. The molecule has 2 aromatic rings. The van der Waals surface area contributed by atoms with E-state index in [2.05, 4.69) is 0 Å². The SMILES string of the molecule is Cc1ccc(F)c(C(O)c2c(F)c(F)c(F)c(F)c2F)c1. The first-order valence-electron chi connectivity index (χ1n) is 5.71. The van der Waals surface area contributed by atoms with Crippen LogP contribution in [0.1, 0.15) is 22.8 Å². The fourth-order valence-corrected chi connectivity index (χ4v) is 1.89. The molecule has 0 heterocycles. The third-order valence-electron chi connectivity index (χ3n) is 2.96. The zero-order valence-electron chi connectivity index (χ0n) is 10.5. The lowest BCUT2D eigenvalue weighted by molar-refractivity contribution is 0.198. The van der Waals surface area contributed by atoms with Crippen molar-refractivity contribution in [3.8, 4) is 0 Å². The van der Waals surface area contributed by atoms with E-state index in [0.717, 1.165) is 12.1 Å². The molecule has 1 nitrogen and oxygen atoms in total. The summed E-state index contributed by atoms with van der Waals surface area (Å²) in [5.41, 5.74) is -1.64. The molecule has 0 radical (unpaired) electrons. The molecule has 0 aromatic heterocycles. The predicted molar refractivity (Wildman–Crippen MR) is 61.4 cm³/mol. The van der Waals surface area contributed by atoms with Crippen LogP contribution >= 0.6 is 0 Å². The second-order valence-electron chi connectivity index (χ2n) is 4.41. The molecule has 0 fully saturated rings. The van der Waals surface area contributed by atoms with Crippen LogP contribution in [0.25, 0.3) is 0 Å². The van der Waals surface area contributed by atoms with Crippen molar-refractivity contribution in [2.45, 2.75) is 13.0 Å². The lowest BCUT2D eigenvalue weighted by Gasteiger charge is -2.16. The summed E-state index contributed by atoms with van der Waals surface area (Å²) in [6.45, 7) is 1.51. The highest BCUT2D eigenvalue weighted by Gasteiger charge is 2.31. The van der Waals surface area contributed by atoms with Crippen LogP contribution in [0.4, 0.5) is 26.3 Å². The maximum Gasteiger partial charge on any atom is 0.200 e. The van der Waals surface area contributed by atoms with Crippen molar-refractivity contribution in [3.63, 3.8) is 0 Å².